The van der Waals surface area contributed by atoms with Gasteiger partial charge in [-0.05, 0) is 83.1 Å². The summed E-state index contributed by atoms with van der Waals surface area (Å²) in [4.78, 5) is 53.4. The Morgan fingerprint density at radius 3 is 2.52 bits per heavy atom. The van der Waals surface area contributed by atoms with Gasteiger partial charge in [-0.1, -0.05) is 5.16 Å². The van der Waals surface area contributed by atoms with E-state index in [1.54, 1.807) is 19.2 Å². The number of hydrogen-bond acceptors (Lipinski definition) is 15. The number of β-lactam (4-membered cyclic amide) rings is 1. The molecule has 21 heteroatoms. The zero-order valence-electron chi connectivity index (χ0n) is 28.9. The molecule has 3 aliphatic rings. The van der Waals surface area contributed by atoms with E-state index in [-0.39, 0.29) is 23.3 Å². The number of nitrogens with zero attached hydrogens (tertiary/aromatic N) is 4. The molecule has 5 rings (SSSR count). The monoisotopic (exact) mass is 766 g/mol. The maximum absolute atomic E-state index is 13.5. The molecule has 1 saturated heterocycles. The number of amidine groups is 1. The summed E-state index contributed by atoms with van der Waals surface area (Å²) in [5.74, 6) is -2.73. The second-order valence-corrected chi connectivity index (χ2v) is 15.6. The van der Waals surface area contributed by atoms with E-state index in [4.69, 9.17) is 41.1 Å². The molecule has 3 atom stereocenters. The number of rotatable bonds is 13. The number of oxime groups is 1. The Hall–Kier alpha value is -4.41. The van der Waals surface area contributed by atoms with Crippen LogP contribution in [0.25, 0.3) is 0 Å². The van der Waals surface area contributed by atoms with Crippen LogP contribution in [0.5, 0.6) is 5.75 Å². The maximum atomic E-state index is 13.5. The van der Waals surface area contributed by atoms with E-state index in [0.717, 1.165) is 42.6 Å². The number of nitrogens with one attached hydrogen (secondary N) is 1. The largest absolute Gasteiger partial charge is 0.485 e. The van der Waals surface area contributed by atoms with Gasteiger partial charge in [0.2, 0.25) is 0 Å². The fourth-order valence-corrected chi connectivity index (χ4v) is 7.39. The molecule has 1 aromatic heterocycles. The normalized spacial score (nSPS) is 26.0. The van der Waals surface area contributed by atoms with Gasteiger partial charge in [-0.15, -0.1) is 15.6 Å². The van der Waals surface area contributed by atoms with Gasteiger partial charge in [-0.25, -0.2) is 9.78 Å². The number of aliphatic carboxylic acids is 1. The highest BCUT2D eigenvalue weighted by molar-refractivity contribution is 7.80. The number of aromatic nitrogens is 1. The quantitative estimate of drug-likeness (QED) is 0.0532. The molecule has 9 N–H and O–H groups in total. The molecule has 1 aliphatic carbocycles. The predicted molar refractivity (Wildman–Crippen MR) is 187 cm³/mol. The number of nitrogen functional groups attached to an aromatic ring is 1. The summed E-state index contributed by atoms with van der Waals surface area (Å²) in [5.41, 5.74) is 15.1. The van der Waals surface area contributed by atoms with Crippen LogP contribution < -0.4 is 27.3 Å². The van der Waals surface area contributed by atoms with Gasteiger partial charge < -0.3 is 41.9 Å². The van der Waals surface area contributed by atoms with Crippen LogP contribution in [-0.2, 0) is 45.1 Å². The Bertz CT molecular complexity index is 1890. The van der Waals surface area contributed by atoms with E-state index >= 15 is 0 Å². The molecule has 2 aromatic rings. The Morgan fingerprint density at radius 1 is 1.25 bits per heavy atom. The number of aryl methyl sites for hydroxylation is 1. The minimum absolute atomic E-state index is 0.0540. The molecule has 2 aliphatic heterocycles. The van der Waals surface area contributed by atoms with Gasteiger partial charge in [0.25, 0.3) is 17.4 Å². The smallest absolute Gasteiger partial charge is 0.418 e. The van der Waals surface area contributed by atoms with E-state index < -0.39 is 62.7 Å². The molecule has 0 bridgehead atoms. The number of ether oxygens (including phenoxy) is 2. The Morgan fingerprint density at radius 2 is 1.94 bits per heavy atom. The predicted octanol–water partition coefficient (Wildman–Crippen LogP) is 0.515. The van der Waals surface area contributed by atoms with E-state index in [9.17, 15) is 27.9 Å². The van der Waals surface area contributed by atoms with Crippen molar-refractivity contribution >= 4 is 56.2 Å². The van der Waals surface area contributed by atoms with Crippen molar-refractivity contribution < 1.29 is 51.1 Å². The van der Waals surface area contributed by atoms with Gasteiger partial charge in [0.05, 0.1) is 17.7 Å². The van der Waals surface area contributed by atoms with Crippen LogP contribution in [0.1, 0.15) is 69.7 Å². The third-order valence-electron chi connectivity index (χ3n) is 9.50. The molecule has 2 fully saturated rings. The lowest BCUT2D eigenvalue weighted by molar-refractivity contribution is -0.218. The molecule has 0 radical (unpaired) electrons. The second kappa shape index (κ2) is 14.5. The molecule has 3 heterocycles. The van der Waals surface area contributed by atoms with Crippen LogP contribution in [0.4, 0.5) is 5.13 Å². The molecule has 52 heavy (non-hydrogen) atoms. The molecule has 1 aromatic carbocycles. The standard InChI is InChI=1S/C31H42N8O11S2/c1-29(2)23(26(41)39(29)50-52(44,45)46)36-25(40)22(19-14-51-28(34)35-19)38-49-30(3,27(42)43)21-8-6-16-13-17(5-7-20(16)48-21)24(33)37-31(15-47-4)11-9-18(32)10-12-31/h5,7,13-14,18,21,23H,6,8-12,15,32H2,1-4H3,(H2,33,37)(H2,34,35)(H,36,40)(H,42,43)(H,44,45,46). The van der Waals surface area contributed by atoms with E-state index in [0.29, 0.717) is 35.2 Å². The number of thiazole rings is 1. The second-order valence-electron chi connectivity index (χ2n) is 13.7. The zero-order valence-corrected chi connectivity index (χ0v) is 30.5. The van der Waals surface area contributed by atoms with Gasteiger partial charge in [0.15, 0.2) is 16.9 Å². The Balaban J connectivity index is 1.35. The maximum Gasteiger partial charge on any atom is 0.418 e. The summed E-state index contributed by atoms with van der Waals surface area (Å²) in [6.07, 6.45) is 2.58. The summed E-state index contributed by atoms with van der Waals surface area (Å²) in [6, 6.07) is 4.02. The molecule has 1 saturated carbocycles. The number of amides is 2. The van der Waals surface area contributed by atoms with Crippen LogP contribution in [0.2, 0.25) is 0 Å². The highest BCUT2D eigenvalue weighted by atomic mass is 32.3. The lowest BCUT2D eigenvalue weighted by Gasteiger charge is -2.50. The fourth-order valence-electron chi connectivity index (χ4n) is 6.39. The van der Waals surface area contributed by atoms with E-state index in [1.165, 1.54) is 26.2 Å². The number of carbonyl (C=O) groups excluding carboxylic acids is 2. The first kappa shape index (κ1) is 38.8. The van der Waals surface area contributed by atoms with Crippen LogP contribution in [0.15, 0.2) is 33.7 Å². The van der Waals surface area contributed by atoms with Crippen LogP contribution >= 0.6 is 11.3 Å². The van der Waals surface area contributed by atoms with Gasteiger partial charge in [0.1, 0.15) is 23.3 Å². The van der Waals surface area contributed by atoms with Crippen molar-refractivity contribution in [2.24, 2.45) is 21.6 Å². The number of benzene rings is 1. The van der Waals surface area contributed by atoms with Gasteiger partial charge in [-0.3, -0.25) is 19.1 Å². The number of fused-ring (bicyclic) bond motifs is 1. The first-order valence-corrected chi connectivity index (χ1v) is 18.5. The van der Waals surface area contributed by atoms with Crippen molar-refractivity contribution in [3.63, 3.8) is 0 Å². The first-order chi connectivity index (χ1) is 24.3. The van der Waals surface area contributed by atoms with Crippen LogP contribution in [-0.4, -0.2) is 106 Å². The number of anilines is 1. The summed E-state index contributed by atoms with van der Waals surface area (Å²) in [5, 5.41) is 18.5. The van der Waals surface area contributed by atoms with Gasteiger partial charge in [0, 0.05) is 24.1 Å². The number of methoxy groups -OCH3 is 1. The molecular formula is C31H42N8O11S2. The average molecular weight is 767 g/mol. The highest BCUT2D eigenvalue weighted by Gasteiger charge is 2.58. The van der Waals surface area contributed by atoms with E-state index in [1.807, 2.05) is 6.07 Å². The van der Waals surface area contributed by atoms with Crippen molar-refractivity contribution in [1.29, 1.82) is 0 Å². The van der Waals surface area contributed by atoms with Crippen molar-refractivity contribution in [2.45, 2.75) is 94.2 Å². The van der Waals surface area contributed by atoms with Gasteiger partial charge >= 0.3 is 16.4 Å². The lowest BCUT2D eigenvalue weighted by atomic mass is 9.80. The number of hydroxylamine groups is 2. The number of hydrogen-bond donors (Lipinski definition) is 6. The number of carboxylic acids is 1. The number of nitrogens with two attached hydrogens (primary N) is 3. The highest BCUT2D eigenvalue weighted by Crippen LogP contribution is 2.36. The first-order valence-electron chi connectivity index (χ1n) is 16.2. The average Bonchev–Trinajstić information content (AvgIpc) is 3.51. The third-order valence-corrected chi connectivity index (χ3v) is 10.5. The molecule has 19 nitrogen and oxygen atoms in total. The van der Waals surface area contributed by atoms with Crippen molar-refractivity contribution in [1.82, 2.24) is 15.4 Å². The topological polar surface area (TPSA) is 294 Å². The van der Waals surface area contributed by atoms with E-state index in [2.05, 4.69) is 19.7 Å². The number of aliphatic imine (C=N–C) groups is 1. The summed E-state index contributed by atoms with van der Waals surface area (Å²) in [7, 11) is -3.41. The Labute approximate surface area is 303 Å². The van der Waals surface area contributed by atoms with Crippen molar-refractivity contribution in [2.75, 3.05) is 19.5 Å². The lowest BCUT2D eigenvalue weighted by Crippen LogP contribution is -2.76. The van der Waals surface area contributed by atoms with Gasteiger partial charge in [-0.2, -0.15) is 13.5 Å². The summed E-state index contributed by atoms with van der Waals surface area (Å²) >= 11 is 0.962. The number of carboxylic acid groups (broad SMARTS) is 1. The molecule has 0 spiro atoms. The van der Waals surface area contributed by atoms with Crippen LogP contribution in [0, 0.1) is 0 Å². The minimum Gasteiger partial charge on any atom is -0.485 e. The fraction of sp³-hybridized carbons (Fsp3) is 0.548. The molecular weight excluding hydrogens is 725 g/mol. The number of carbonyl (C=O) groups is 3. The Kier molecular flexibility index (Phi) is 10.9. The molecule has 2 amide bonds. The molecule has 284 valence electrons. The SMILES string of the molecule is COCC1(N=C(N)c2ccc3c(c2)CCC(C(C)(ON=C(C(=O)NC2C(=O)N(OS(=O)(=O)O)C2(C)C)c2csc(N)n2)C(=O)O)O3)CCC(N)CC1. The minimum atomic E-state index is -5.04. The molecule has 3 unspecified atom stereocenters. The summed E-state index contributed by atoms with van der Waals surface area (Å²) in [6.45, 7) is 4.39. The zero-order chi connectivity index (χ0) is 38.2. The third kappa shape index (κ3) is 7.98. The van der Waals surface area contributed by atoms with Crippen molar-refractivity contribution in [3.05, 3.63) is 40.4 Å². The van der Waals surface area contributed by atoms with Crippen LogP contribution in [0.3, 0.4) is 0 Å². The summed E-state index contributed by atoms with van der Waals surface area (Å²) < 4.78 is 47.3. The van der Waals surface area contributed by atoms with Crippen molar-refractivity contribution in [3.8, 4) is 5.75 Å².